The minimum Gasteiger partial charge on any atom is -0.381 e. The van der Waals surface area contributed by atoms with Gasteiger partial charge in [-0.1, -0.05) is 20.8 Å². The molecule has 0 atom stereocenters. The van der Waals surface area contributed by atoms with E-state index in [9.17, 15) is 0 Å². The van der Waals surface area contributed by atoms with E-state index in [1.807, 2.05) is 13.8 Å². The summed E-state index contributed by atoms with van der Waals surface area (Å²) in [6.45, 7) is 10.6. The highest BCUT2D eigenvalue weighted by Gasteiger charge is 2.14. The quantitative estimate of drug-likeness (QED) is 0.672. The van der Waals surface area contributed by atoms with Crippen LogP contribution in [-0.2, 0) is 4.74 Å². The standard InChI is InChI=1S/C9H19NO.C2H6/c1-3-10(2)8-9-4-6-11-7-5-9;1-2/h9H,3-8H2,1-2H3;1-2H3. The summed E-state index contributed by atoms with van der Waals surface area (Å²) in [5.41, 5.74) is 0. The lowest BCUT2D eigenvalue weighted by atomic mass is 10.00. The van der Waals surface area contributed by atoms with Crippen molar-refractivity contribution < 1.29 is 4.74 Å². The van der Waals surface area contributed by atoms with E-state index in [2.05, 4.69) is 18.9 Å². The van der Waals surface area contributed by atoms with Crippen molar-refractivity contribution in [1.82, 2.24) is 4.90 Å². The van der Waals surface area contributed by atoms with Crippen LogP contribution >= 0.6 is 0 Å². The van der Waals surface area contributed by atoms with E-state index < -0.39 is 0 Å². The first-order valence-corrected chi connectivity index (χ1v) is 5.59. The molecule has 0 N–H and O–H groups in total. The third kappa shape index (κ3) is 6.05. The molecule has 13 heavy (non-hydrogen) atoms. The Morgan fingerprint density at radius 3 is 2.23 bits per heavy atom. The molecule has 1 heterocycles. The summed E-state index contributed by atoms with van der Waals surface area (Å²) in [7, 11) is 2.19. The molecule has 1 fully saturated rings. The highest BCUT2D eigenvalue weighted by molar-refractivity contribution is 4.66. The van der Waals surface area contributed by atoms with Crippen molar-refractivity contribution in [2.24, 2.45) is 5.92 Å². The molecule has 0 bridgehead atoms. The third-order valence-corrected chi connectivity index (χ3v) is 2.45. The molecule has 0 spiro atoms. The van der Waals surface area contributed by atoms with Gasteiger partial charge < -0.3 is 9.64 Å². The van der Waals surface area contributed by atoms with Crippen LogP contribution in [0.5, 0.6) is 0 Å². The van der Waals surface area contributed by atoms with Gasteiger partial charge in [-0.3, -0.25) is 0 Å². The highest BCUT2D eigenvalue weighted by atomic mass is 16.5. The molecular formula is C11H25NO. The topological polar surface area (TPSA) is 12.5 Å². The van der Waals surface area contributed by atoms with E-state index in [1.165, 1.54) is 19.4 Å². The van der Waals surface area contributed by atoms with Gasteiger partial charge in [-0.25, -0.2) is 0 Å². The Hall–Kier alpha value is -0.0800. The van der Waals surface area contributed by atoms with Gasteiger partial charge >= 0.3 is 0 Å². The molecule has 2 nitrogen and oxygen atoms in total. The normalized spacial score (nSPS) is 18.2. The van der Waals surface area contributed by atoms with Crippen LogP contribution in [0.25, 0.3) is 0 Å². The first-order valence-electron chi connectivity index (χ1n) is 5.59. The van der Waals surface area contributed by atoms with Gasteiger partial charge in [-0.2, -0.15) is 0 Å². The Bertz CT molecular complexity index is 100. The van der Waals surface area contributed by atoms with Crippen LogP contribution in [0.2, 0.25) is 0 Å². The fourth-order valence-electron chi connectivity index (χ4n) is 1.50. The molecule has 0 aromatic heterocycles. The monoisotopic (exact) mass is 187 g/mol. The molecule has 0 amide bonds. The first kappa shape index (κ1) is 12.9. The Morgan fingerprint density at radius 1 is 1.23 bits per heavy atom. The average molecular weight is 187 g/mol. The lowest BCUT2D eigenvalue weighted by Crippen LogP contribution is -2.29. The molecule has 0 saturated carbocycles. The number of hydrogen-bond donors (Lipinski definition) is 0. The molecule has 1 rings (SSSR count). The summed E-state index contributed by atoms with van der Waals surface area (Å²) in [5.74, 6) is 0.883. The fourth-order valence-corrected chi connectivity index (χ4v) is 1.50. The molecule has 0 aromatic carbocycles. The van der Waals surface area contributed by atoms with E-state index in [-0.39, 0.29) is 0 Å². The maximum Gasteiger partial charge on any atom is 0.0469 e. The van der Waals surface area contributed by atoms with Gasteiger partial charge in [0.15, 0.2) is 0 Å². The molecule has 0 aliphatic carbocycles. The van der Waals surface area contributed by atoms with E-state index in [0.29, 0.717) is 0 Å². The van der Waals surface area contributed by atoms with Crippen molar-refractivity contribution in [3.8, 4) is 0 Å². The van der Waals surface area contributed by atoms with Crippen LogP contribution in [0.3, 0.4) is 0 Å². The lowest BCUT2D eigenvalue weighted by Gasteiger charge is -2.26. The molecular weight excluding hydrogens is 162 g/mol. The van der Waals surface area contributed by atoms with Gasteiger partial charge in [0.25, 0.3) is 0 Å². The van der Waals surface area contributed by atoms with Crippen LogP contribution in [0.15, 0.2) is 0 Å². The van der Waals surface area contributed by atoms with E-state index in [0.717, 1.165) is 25.7 Å². The summed E-state index contributed by atoms with van der Waals surface area (Å²) < 4.78 is 5.30. The Labute approximate surface area is 83.3 Å². The molecule has 0 unspecified atom stereocenters. The van der Waals surface area contributed by atoms with Gasteiger partial charge in [-0.15, -0.1) is 0 Å². The minimum absolute atomic E-state index is 0.883. The smallest absolute Gasteiger partial charge is 0.0469 e. The van der Waals surface area contributed by atoms with Crippen LogP contribution in [0.1, 0.15) is 33.6 Å². The van der Waals surface area contributed by atoms with E-state index in [4.69, 9.17) is 4.74 Å². The zero-order valence-electron chi connectivity index (χ0n) is 9.68. The Morgan fingerprint density at radius 2 is 1.77 bits per heavy atom. The SMILES string of the molecule is CC.CCN(C)CC1CCOCC1. The second kappa shape index (κ2) is 8.52. The van der Waals surface area contributed by atoms with E-state index in [1.54, 1.807) is 0 Å². The van der Waals surface area contributed by atoms with Crippen molar-refractivity contribution in [1.29, 1.82) is 0 Å². The van der Waals surface area contributed by atoms with Crippen molar-refractivity contribution in [2.75, 3.05) is 33.4 Å². The predicted molar refractivity (Wildman–Crippen MR) is 58.1 cm³/mol. The van der Waals surface area contributed by atoms with Gasteiger partial charge in [0, 0.05) is 19.8 Å². The summed E-state index contributed by atoms with van der Waals surface area (Å²) >= 11 is 0. The second-order valence-corrected chi connectivity index (χ2v) is 3.41. The molecule has 0 aromatic rings. The first-order chi connectivity index (χ1) is 6.33. The van der Waals surface area contributed by atoms with Crippen LogP contribution in [0.4, 0.5) is 0 Å². The van der Waals surface area contributed by atoms with Crippen LogP contribution in [0, 0.1) is 5.92 Å². The van der Waals surface area contributed by atoms with Crippen LogP contribution < -0.4 is 0 Å². The maximum atomic E-state index is 5.30. The number of nitrogens with zero attached hydrogens (tertiary/aromatic N) is 1. The highest BCUT2D eigenvalue weighted by Crippen LogP contribution is 2.14. The molecule has 1 saturated heterocycles. The zero-order chi connectivity index (χ0) is 10.1. The average Bonchev–Trinajstić information content (AvgIpc) is 2.22. The predicted octanol–water partition coefficient (Wildman–Crippen LogP) is 2.39. The fraction of sp³-hybridized carbons (Fsp3) is 1.00. The maximum absolute atomic E-state index is 5.30. The van der Waals surface area contributed by atoms with Crippen molar-refractivity contribution in [3.05, 3.63) is 0 Å². The molecule has 1 aliphatic rings. The van der Waals surface area contributed by atoms with Gasteiger partial charge in [0.1, 0.15) is 0 Å². The summed E-state index contributed by atoms with van der Waals surface area (Å²) in [5, 5.41) is 0. The Kier molecular flexibility index (Phi) is 8.46. The molecule has 0 radical (unpaired) electrons. The lowest BCUT2D eigenvalue weighted by molar-refractivity contribution is 0.0563. The summed E-state index contributed by atoms with van der Waals surface area (Å²) in [6, 6.07) is 0. The zero-order valence-corrected chi connectivity index (χ0v) is 9.68. The third-order valence-electron chi connectivity index (χ3n) is 2.45. The van der Waals surface area contributed by atoms with Crippen molar-refractivity contribution in [2.45, 2.75) is 33.6 Å². The van der Waals surface area contributed by atoms with Crippen molar-refractivity contribution >= 4 is 0 Å². The van der Waals surface area contributed by atoms with Gasteiger partial charge in [-0.05, 0) is 32.4 Å². The summed E-state index contributed by atoms with van der Waals surface area (Å²) in [6.07, 6.45) is 2.51. The number of ether oxygens (including phenoxy) is 1. The second-order valence-electron chi connectivity index (χ2n) is 3.41. The Balaban J connectivity index is 0.000000671. The molecule has 2 heteroatoms. The van der Waals surface area contributed by atoms with Gasteiger partial charge in [0.05, 0.1) is 0 Å². The van der Waals surface area contributed by atoms with Crippen molar-refractivity contribution in [3.63, 3.8) is 0 Å². The van der Waals surface area contributed by atoms with Crippen LogP contribution in [-0.4, -0.2) is 38.3 Å². The molecule has 1 aliphatic heterocycles. The number of hydrogen-bond acceptors (Lipinski definition) is 2. The van der Waals surface area contributed by atoms with E-state index >= 15 is 0 Å². The largest absolute Gasteiger partial charge is 0.381 e. The molecule has 80 valence electrons. The van der Waals surface area contributed by atoms with Gasteiger partial charge in [0.2, 0.25) is 0 Å². The summed E-state index contributed by atoms with van der Waals surface area (Å²) in [4.78, 5) is 2.38. The number of rotatable bonds is 3. The minimum atomic E-state index is 0.883.